The van der Waals surface area contributed by atoms with Crippen molar-refractivity contribution in [2.45, 2.75) is 31.3 Å². The van der Waals surface area contributed by atoms with E-state index in [9.17, 15) is 10.1 Å². The smallest absolute Gasteiger partial charge is 0.329 e. The van der Waals surface area contributed by atoms with Crippen LogP contribution < -0.4 is 10.2 Å². The molecule has 2 heterocycles. The van der Waals surface area contributed by atoms with Gasteiger partial charge in [0.1, 0.15) is 6.20 Å². The molecule has 1 aromatic heterocycles. The van der Waals surface area contributed by atoms with Crippen molar-refractivity contribution < 1.29 is 4.92 Å². The summed E-state index contributed by atoms with van der Waals surface area (Å²) in [6, 6.07) is 0. The van der Waals surface area contributed by atoms with Crippen LogP contribution in [0.1, 0.15) is 20.8 Å². The zero-order valence-corrected chi connectivity index (χ0v) is 12.7. The van der Waals surface area contributed by atoms with Gasteiger partial charge >= 0.3 is 5.69 Å². The van der Waals surface area contributed by atoms with E-state index < -0.39 is 4.92 Å². The quantitative estimate of drug-likeness (QED) is 0.673. The first-order valence-corrected chi connectivity index (χ1v) is 7.61. The summed E-state index contributed by atoms with van der Waals surface area (Å²) < 4.78 is 0. The minimum atomic E-state index is -0.415. The SMILES string of the molecule is CCNc1ncc([N+](=O)[O-])c(N2CC(C)SC(C)C2)n1. The number of nitrogens with zero attached hydrogens (tertiary/aromatic N) is 4. The highest BCUT2D eigenvalue weighted by Gasteiger charge is 2.29. The van der Waals surface area contributed by atoms with Crippen molar-refractivity contribution >= 4 is 29.2 Å². The molecular weight excluding hydrogens is 278 g/mol. The zero-order valence-electron chi connectivity index (χ0n) is 11.9. The van der Waals surface area contributed by atoms with Gasteiger partial charge in [0, 0.05) is 30.1 Å². The lowest BCUT2D eigenvalue weighted by Crippen LogP contribution is -2.41. The summed E-state index contributed by atoms with van der Waals surface area (Å²) in [7, 11) is 0. The molecule has 1 fully saturated rings. The Morgan fingerprint density at radius 3 is 2.70 bits per heavy atom. The Labute approximate surface area is 122 Å². The molecule has 8 heteroatoms. The lowest BCUT2D eigenvalue weighted by molar-refractivity contribution is -0.384. The summed E-state index contributed by atoms with van der Waals surface area (Å²) in [5.41, 5.74) is -0.0297. The molecule has 1 N–H and O–H groups in total. The van der Waals surface area contributed by atoms with Crippen molar-refractivity contribution in [3.63, 3.8) is 0 Å². The molecule has 2 unspecified atom stereocenters. The van der Waals surface area contributed by atoms with Gasteiger partial charge in [0.05, 0.1) is 4.92 Å². The summed E-state index contributed by atoms with van der Waals surface area (Å²) >= 11 is 1.90. The van der Waals surface area contributed by atoms with Crippen LogP contribution in [0.25, 0.3) is 0 Å². The first-order valence-electron chi connectivity index (χ1n) is 6.67. The molecule has 0 saturated carbocycles. The molecule has 20 heavy (non-hydrogen) atoms. The first kappa shape index (κ1) is 14.8. The number of hydrogen-bond donors (Lipinski definition) is 1. The molecule has 1 aliphatic heterocycles. The molecule has 1 aromatic rings. The van der Waals surface area contributed by atoms with E-state index in [2.05, 4.69) is 29.1 Å². The van der Waals surface area contributed by atoms with Crippen molar-refractivity contribution in [1.82, 2.24) is 9.97 Å². The van der Waals surface area contributed by atoms with Gasteiger partial charge in [-0.05, 0) is 6.92 Å². The molecule has 0 bridgehead atoms. The van der Waals surface area contributed by atoms with Gasteiger partial charge < -0.3 is 10.2 Å². The van der Waals surface area contributed by atoms with E-state index in [4.69, 9.17) is 0 Å². The van der Waals surface area contributed by atoms with E-state index in [0.717, 1.165) is 13.1 Å². The third kappa shape index (κ3) is 3.30. The molecule has 7 nitrogen and oxygen atoms in total. The van der Waals surface area contributed by atoms with Crippen molar-refractivity contribution in [3.8, 4) is 0 Å². The normalized spacial score (nSPS) is 22.6. The maximum atomic E-state index is 11.2. The molecule has 2 rings (SSSR count). The Bertz CT molecular complexity index is 489. The second kappa shape index (κ2) is 6.25. The number of aromatic nitrogens is 2. The fourth-order valence-electron chi connectivity index (χ4n) is 2.32. The van der Waals surface area contributed by atoms with E-state index in [1.165, 1.54) is 6.20 Å². The highest BCUT2D eigenvalue weighted by atomic mass is 32.2. The number of nitrogens with one attached hydrogen (secondary N) is 1. The maximum absolute atomic E-state index is 11.2. The minimum Gasteiger partial charge on any atom is -0.354 e. The molecular formula is C12H19N5O2S. The summed E-state index contributed by atoms with van der Waals surface area (Å²) in [4.78, 5) is 21.1. The van der Waals surface area contributed by atoms with Crippen molar-refractivity contribution in [3.05, 3.63) is 16.3 Å². The van der Waals surface area contributed by atoms with E-state index in [1.54, 1.807) is 0 Å². The van der Waals surface area contributed by atoms with Crippen molar-refractivity contribution in [2.75, 3.05) is 29.9 Å². The van der Waals surface area contributed by atoms with Crippen LogP contribution in [0.2, 0.25) is 0 Å². The summed E-state index contributed by atoms with van der Waals surface area (Å²) in [6.45, 7) is 8.40. The van der Waals surface area contributed by atoms with Gasteiger partial charge in [-0.2, -0.15) is 16.7 Å². The standard InChI is InChI=1S/C12H19N5O2S/c1-4-13-12-14-5-10(17(18)19)11(15-12)16-6-8(2)20-9(3)7-16/h5,8-9H,4,6-7H2,1-3H3,(H,13,14,15). The van der Waals surface area contributed by atoms with Gasteiger partial charge in [-0.1, -0.05) is 13.8 Å². The second-order valence-electron chi connectivity index (χ2n) is 4.85. The second-order valence-corrected chi connectivity index (χ2v) is 6.73. The molecule has 0 aliphatic carbocycles. The third-order valence-electron chi connectivity index (χ3n) is 3.00. The molecule has 1 aliphatic rings. The Morgan fingerprint density at radius 1 is 1.50 bits per heavy atom. The molecule has 1 saturated heterocycles. The monoisotopic (exact) mass is 297 g/mol. The molecule has 110 valence electrons. The van der Waals surface area contributed by atoms with Gasteiger partial charge in [-0.25, -0.2) is 4.98 Å². The van der Waals surface area contributed by atoms with E-state index in [1.807, 2.05) is 23.6 Å². The van der Waals surface area contributed by atoms with Gasteiger partial charge in [-0.3, -0.25) is 10.1 Å². The fraction of sp³-hybridized carbons (Fsp3) is 0.667. The highest BCUT2D eigenvalue weighted by molar-refractivity contribution is 8.00. The third-order valence-corrected chi connectivity index (χ3v) is 4.23. The molecule has 0 amide bonds. The number of rotatable bonds is 4. The topological polar surface area (TPSA) is 84.2 Å². The number of anilines is 2. The summed E-state index contributed by atoms with van der Waals surface area (Å²) in [6.07, 6.45) is 1.29. The Hall–Kier alpha value is -1.57. The largest absolute Gasteiger partial charge is 0.354 e. The summed E-state index contributed by atoms with van der Waals surface area (Å²) in [5, 5.41) is 15.0. The number of thioether (sulfide) groups is 1. The van der Waals surface area contributed by atoms with Crippen LogP contribution in [0.3, 0.4) is 0 Å². The predicted octanol–water partition coefficient (Wildman–Crippen LogP) is 2.15. The van der Waals surface area contributed by atoms with E-state index in [0.29, 0.717) is 28.8 Å². The van der Waals surface area contributed by atoms with E-state index in [-0.39, 0.29) is 5.69 Å². The molecule has 0 spiro atoms. The molecule has 0 aromatic carbocycles. The average Bonchev–Trinajstić information content (AvgIpc) is 2.37. The lowest BCUT2D eigenvalue weighted by Gasteiger charge is -2.35. The predicted molar refractivity (Wildman–Crippen MR) is 81.6 cm³/mol. The fourth-order valence-corrected chi connectivity index (χ4v) is 3.65. The lowest BCUT2D eigenvalue weighted by atomic mass is 10.3. The summed E-state index contributed by atoms with van der Waals surface area (Å²) in [5.74, 6) is 0.853. The van der Waals surface area contributed by atoms with Crippen LogP contribution in [0.4, 0.5) is 17.5 Å². The van der Waals surface area contributed by atoms with Crippen LogP contribution in [-0.4, -0.2) is 45.0 Å². The van der Waals surface area contributed by atoms with Gasteiger partial charge in [0.2, 0.25) is 11.8 Å². The van der Waals surface area contributed by atoms with E-state index >= 15 is 0 Å². The van der Waals surface area contributed by atoms with Crippen LogP contribution in [-0.2, 0) is 0 Å². The maximum Gasteiger partial charge on any atom is 0.329 e. The number of nitro groups is 1. The Balaban J connectivity index is 2.35. The molecule has 0 radical (unpaired) electrons. The van der Waals surface area contributed by atoms with Crippen LogP contribution in [0, 0.1) is 10.1 Å². The zero-order chi connectivity index (χ0) is 14.7. The Kier molecular flexibility index (Phi) is 4.64. The van der Waals surface area contributed by atoms with Crippen LogP contribution >= 0.6 is 11.8 Å². The first-order chi connectivity index (χ1) is 9.51. The van der Waals surface area contributed by atoms with Crippen LogP contribution in [0.5, 0.6) is 0 Å². The Morgan fingerprint density at radius 2 is 2.15 bits per heavy atom. The van der Waals surface area contributed by atoms with Gasteiger partial charge in [-0.15, -0.1) is 0 Å². The number of hydrogen-bond acceptors (Lipinski definition) is 7. The minimum absolute atomic E-state index is 0.0297. The molecule has 2 atom stereocenters. The van der Waals surface area contributed by atoms with Crippen molar-refractivity contribution in [1.29, 1.82) is 0 Å². The van der Waals surface area contributed by atoms with Gasteiger partial charge in [0.15, 0.2) is 0 Å². The van der Waals surface area contributed by atoms with Crippen molar-refractivity contribution in [2.24, 2.45) is 0 Å². The van der Waals surface area contributed by atoms with Crippen LogP contribution in [0.15, 0.2) is 6.20 Å². The van der Waals surface area contributed by atoms with Gasteiger partial charge in [0.25, 0.3) is 0 Å². The highest BCUT2D eigenvalue weighted by Crippen LogP contribution is 2.32. The average molecular weight is 297 g/mol.